The van der Waals surface area contributed by atoms with E-state index in [1.165, 1.54) is 25.2 Å². The average molecular weight is 280 g/mol. The van der Waals surface area contributed by atoms with Crippen molar-refractivity contribution in [2.75, 3.05) is 5.32 Å². The molecule has 0 fully saturated rings. The van der Waals surface area contributed by atoms with Gasteiger partial charge < -0.3 is 5.32 Å². The van der Waals surface area contributed by atoms with Gasteiger partial charge in [-0.05, 0) is 18.2 Å². The molecule has 6 nitrogen and oxygen atoms in total. The van der Waals surface area contributed by atoms with Gasteiger partial charge in [0.05, 0.1) is 6.20 Å². The molecule has 0 bridgehead atoms. The standard InChI is InChI=1S/C12H10F2N4O2/c1-17-10(15)9(14)6-18(12(17)20)11(19)16-8-4-2-3-7(13)5-8/h2-6,15H,1H3,(H,16,19). The molecule has 0 aliphatic heterocycles. The zero-order valence-corrected chi connectivity index (χ0v) is 10.4. The summed E-state index contributed by atoms with van der Waals surface area (Å²) in [5, 5.41) is 9.52. The number of hydrogen-bond donors (Lipinski definition) is 2. The number of amides is 1. The lowest BCUT2D eigenvalue weighted by Gasteiger charge is -2.09. The van der Waals surface area contributed by atoms with Gasteiger partial charge in [-0.1, -0.05) is 6.07 Å². The van der Waals surface area contributed by atoms with Crippen molar-refractivity contribution in [1.29, 1.82) is 5.41 Å². The third-order valence-corrected chi connectivity index (χ3v) is 2.59. The number of hydrogen-bond acceptors (Lipinski definition) is 3. The first kappa shape index (κ1) is 13.7. The maximum atomic E-state index is 13.4. The summed E-state index contributed by atoms with van der Waals surface area (Å²) in [4.78, 5) is 23.6. The Hall–Kier alpha value is -2.77. The molecule has 2 N–H and O–H groups in total. The number of carbonyl (C=O) groups is 1. The molecule has 104 valence electrons. The molecule has 0 aliphatic rings. The lowest BCUT2D eigenvalue weighted by Crippen LogP contribution is -2.43. The summed E-state index contributed by atoms with van der Waals surface area (Å²) >= 11 is 0. The zero-order chi connectivity index (χ0) is 14.9. The molecule has 1 amide bonds. The lowest BCUT2D eigenvalue weighted by molar-refractivity contribution is 0.251. The predicted molar refractivity (Wildman–Crippen MR) is 66.3 cm³/mol. The fourth-order valence-electron chi connectivity index (χ4n) is 1.54. The molecule has 0 saturated heterocycles. The lowest BCUT2D eigenvalue weighted by atomic mass is 10.3. The van der Waals surface area contributed by atoms with Gasteiger partial charge in [-0.15, -0.1) is 0 Å². The van der Waals surface area contributed by atoms with Gasteiger partial charge in [0, 0.05) is 12.7 Å². The fraction of sp³-hybridized carbons (Fsp3) is 0.0833. The largest absolute Gasteiger partial charge is 0.337 e. The van der Waals surface area contributed by atoms with Crippen molar-refractivity contribution in [3.63, 3.8) is 0 Å². The van der Waals surface area contributed by atoms with Gasteiger partial charge in [-0.2, -0.15) is 0 Å². The van der Waals surface area contributed by atoms with Crippen LogP contribution in [0.4, 0.5) is 19.3 Å². The minimum Gasteiger partial charge on any atom is -0.307 e. The molecule has 2 aromatic rings. The van der Waals surface area contributed by atoms with E-state index in [1.54, 1.807) is 0 Å². The van der Waals surface area contributed by atoms with E-state index >= 15 is 0 Å². The number of carbonyl (C=O) groups excluding carboxylic acids is 1. The second-order valence-corrected chi connectivity index (χ2v) is 3.98. The molecule has 1 aromatic heterocycles. The second-order valence-electron chi connectivity index (χ2n) is 3.98. The highest BCUT2D eigenvalue weighted by molar-refractivity contribution is 5.90. The van der Waals surface area contributed by atoms with Crippen molar-refractivity contribution in [3.05, 3.63) is 58.1 Å². The van der Waals surface area contributed by atoms with E-state index in [1.807, 2.05) is 0 Å². The minimum absolute atomic E-state index is 0.125. The van der Waals surface area contributed by atoms with Crippen LogP contribution in [0.25, 0.3) is 0 Å². The molecule has 20 heavy (non-hydrogen) atoms. The predicted octanol–water partition coefficient (Wildman–Crippen LogP) is 1.02. The van der Waals surface area contributed by atoms with Crippen LogP contribution in [0.2, 0.25) is 0 Å². The molecule has 1 aromatic carbocycles. The Labute approximate surface area is 111 Å². The SMILES string of the molecule is Cn1c(=N)c(F)cn(C(=O)Nc2cccc(F)c2)c1=O. The molecule has 0 saturated carbocycles. The van der Waals surface area contributed by atoms with E-state index in [0.29, 0.717) is 15.3 Å². The van der Waals surface area contributed by atoms with Gasteiger partial charge in [-0.3, -0.25) is 9.98 Å². The van der Waals surface area contributed by atoms with Gasteiger partial charge in [0.25, 0.3) is 0 Å². The van der Waals surface area contributed by atoms with E-state index in [2.05, 4.69) is 5.32 Å². The van der Waals surface area contributed by atoms with Crippen molar-refractivity contribution < 1.29 is 13.6 Å². The molecule has 0 unspecified atom stereocenters. The molecule has 8 heteroatoms. The van der Waals surface area contributed by atoms with Crippen LogP contribution in [-0.4, -0.2) is 15.2 Å². The quantitative estimate of drug-likeness (QED) is 0.818. The Morgan fingerprint density at radius 1 is 1.35 bits per heavy atom. The molecular weight excluding hydrogens is 270 g/mol. The highest BCUT2D eigenvalue weighted by Gasteiger charge is 2.12. The molecule has 0 radical (unpaired) electrons. The highest BCUT2D eigenvalue weighted by atomic mass is 19.1. The Bertz CT molecular complexity index is 795. The summed E-state index contributed by atoms with van der Waals surface area (Å²) in [5.74, 6) is -1.59. The van der Waals surface area contributed by atoms with Crippen LogP contribution in [0.3, 0.4) is 0 Å². The van der Waals surface area contributed by atoms with Crippen LogP contribution in [0.5, 0.6) is 0 Å². The Balaban J connectivity index is 2.40. The second kappa shape index (κ2) is 5.08. The van der Waals surface area contributed by atoms with E-state index in [9.17, 15) is 18.4 Å². The molecule has 0 atom stereocenters. The Morgan fingerprint density at radius 2 is 2.05 bits per heavy atom. The van der Waals surface area contributed by atoms with Crippen molar-refractivity contribution in [1.82, 2.24) is 9.13 Å². The van der Waals surface area contributed by atoms with Crippen LogP contribution < -0.4 is 16.5 Å². The third-order valence-electron chi connectivity index (χ3n) is 2.59. The monoisotopic (exact) mass is 280 g/mol. The topological polar surface area (TPSA) is 79.9 Å². The Morgan fingerprint density at radius 3 is 2.70 bits per heavy atom. The summed E-state index contributed by atoms with van der Waals surface area (Å²) in [6, 6.07) is 4.09. The summed E-state index contributed by atoms with van der Waals surface area (Å²) < 4.78 is 27.5. The van der Waals surface area contributed by atoms with Crippen LogP contribution >= 0.6 is 0 Å². The van der Waals surface area contributed by atoms with Gasteiger partial charge in [0.2, 0.25) is 0 Å². The average Bonchev–Trinajstić information content (AvgIpc) is 2.40. The molecule has 0 aliphatic carbocycles. The van der Waals surface area contributed by atoms with Crippen LogP contribution in [0, 0.1) is 17.0 Å². The maximum Gasteiger partial charge on any atom is 0.337 e. The van der Waals surface area contributed by atoms with Gasteiger partial charge in [0.1, 0.15) is 5.82 Å². The normalized spacial score (nSPS) is 10.3. The minimum atomic E-state index is -1.03. The first-order valence-corrected chi connectivity index (χ1v) is 5.50. The maximum absolute atomic E-state index is 13.4. The molecule has 0 spiro atoms. The number of nitrogens with zero attached hydrogens (tertiary/aromatic N) is 2. The van der Waals surface area contributed by atoms with Gasteiger partial charge >= 0.3 is 11.7 Å². The third kappa shape index (κ3) is 2.48. The number of nitrogens with one attached hydrogen (secondary N) is 2. The number of halogens is 2. The highest BCUT2D eigenvalue weighted by Crippen LogP contribution is 2.09. The fourth-order valence-corrected chi connectivity index (χ4v) is 1.54. The van der Waals surface area contributed by atoms with E-state index < -0.39 is 28.8 Å². The van der Waals surface area contributed by atoms with Crippen LogP contribution in [0.1, 0.15) is 0 Å². The van der Waals surface area contributed by atoms with Crippen LogP contribution in [0.15, 0.2) is 35.3 Å². The molecule has 1 heterocycles. The molecule has 2 rings (SSSR count). The summed E-state index contributed by atoms with van der Waals surface area (Å²) in [7, 11) is 1.17. The van der Waals surface area contributed by atoms with Crippen LogP contribution in [-0.2, 0) is 7.05 Å². The summed E-state index contributed by atoms with van der Waals surface area (Å²) in [6.07, 6.45) is 0.610. The van der Waals surface area contributed by atoms with Gasteiger partial charge in [-0.25, -0.2) is 22.9 Å². The summed E-state index contributed by atoms with van der Waals surface area (Å²) in [5.41, 5.74) is -1.39. The zero-order valence-electron chi connectivity index (χ0n) is 10.4. The number of anilines is 1. The first-order chi connectivity index (χ1) is 9.40. The number of aromatic nitrogens is 2. The van der Waals surface area contributed by atoms with Crippen molar-refractivity contribution >= 4 is 11.7 Å². The first-order valence-electron chi connectivity index (χ1n) is 5.50. The van der Waals surface area contributed by atoms with E-state index in [4.69, 9.17) is 5.41 Å². The van der Waals surface area contributed by atoms with Crippen molar-refractivity contribution in [2.24, 2.45) is 7.05 Å². The smallest absolute Gasteiger partial charge is 0.307 e. The van der Waals surface area contributed by atoms with E-state index in [0.717, 1.165) is 6.07 Å². The van der Waals surface area contributed by atoms with E-state index in [-0.39, 0.29) is 5.69 Å². The van der Waals surface area contributed by atoms with Crippen molar-refractivity contribution in [2.45, 2.75) is 0 Å². The van der Waals surface area contributed by atoms with Crippen molar-refractivity contribution in [3.8, 4) is 0 Å². The number of benzene rings is 1. The summed E-state index contributed by atoms with van der Waals surface area (Å²) in [6.45, 7) is 0. The van der Waals surface area contributed by atoms with Gasteiger partial charge in [0.15, 0.2) is 11.3 Å². The number of rotatable bonds is 1. The molecular formula is C12H10F2N4O2. The Kier molecular flexibility index (Phi) is 3.47.